The van der Waals surface area contributed by atoms with Crippen LogP contribution in [0.2, 0.25) is 0 Å². The van der Waals surface area contributed by atoms with Crippen LogP contribution in [0.4, 0.5) is 17.1 Å². The number of pyridine rings is 1. The van der Waals surface area contributed by atoms with E-state index in [1.54, 1.807) is 12.4 Å². The van der Waals surface area contributed by atoms with Crippen molar-refractivity contribution in [1.29, 1.82) is 0 Å². The fourth-order valence-corrected chi connectivity index (χ4v) is 4.55. The Morgan fingerprint density at radius 1 is 1.12 bits per heavy atom. The number of para-hydroxylation sites is 2. The van der Waals surface area contributed by atoms with Gasteiger partial charge in [-0.3, -0.25) is 9.29 Å². The molecule has 6 nitrogen and oxygen atoms in total. The molecule has 0 atom stereocenters. The Kier molecular flexibility index (Phi) is 5.69. The number of anilines is 3. The highest BCUT2D eigenvalue weighted by atomic mass is 35.5. The molecular formula is C16H21ClN4O2S. The van der Waals surface area contributed by atoms with E-state index < -0.39 is 10.2 Å². The first-order valence-electron chi connectivity index (χ1n) is 7.54. The Morgan fingerprint density at radius 2 is 1.83 bits per heavy atom. The van der Waals surface area contributed by atoms with Crippen LogP contribution in [-0.4, -0.2) is 33.5 Å². The molecule has 1 aliphatic heterocycles. The Morgan fingerprint density at radius 3 is 2.50 bits per heavy atom. The van der Waals surface area contributed by atoms with Gasteiger partial charge in [-0.1, -0.05) is 12.1 Å². The molecule has 24 heavy (non-hydrogen) atoms. The summed E-state index contributed by atoms with van der Waals surface area (Å²) >= 11 is 0. The van der Waals surface area contributed by atoms with Gasteiger partial charge in [-0.25, -0.2) is 4.31 Å². The molecule has 0 fully saturated rings. The van der Waals surface area contributed by atoms with Crippen LogP contribution in [0.3, 0.4) is 0 Å². The lowest BCUT2D eigenvalue weighted by Gasteiger charge is -2.22. The maximum Gasteiger partial charge on any atom is 0.331 e. The second-order valence-corrected chi connectivity index (χ2v) is 7.15. The fraction of sp³-hybridized carbons (Fsp3) is 0.312. The third kappa shape index (κ3) is 3.07. The molecule has 1 N–H and O–H groups in total. The van der Waals surface area contributed by atoms with Crippen molar-refractivity contribution in [3.05, 3.63) is 48.3 Å². The van der Waals surface area contributed by atoms with Gasteiger partial charge in [0.2, 0.25) is 0 Å². The number of benzene rings is 1. The summed E-state index contributed by atoms with van der Waals surface area (Å²) in [5.74, 6) is 0. The second-order valence-electron chi connectivity index (χ2n) is 5.45. The molecule has 0 bridgehead atoms. The average Bonchev–Trinajstić information content (AvgIpc) is 2.76. The minimum Gasteiger partial charge on any atom is -0.320 e. The molecule has 3 rings (SSSR count). The van der Waals surface area contributed by atoms with Gasteiger partial charge in [0.25, 0.3) is 0 Å². The van der Waals surface area contributed by atoms with Crippen LogP contribution in [0, 0.1) is 6.92 Å². The lowest BCUT2D eigenvalue weighted by atomic mass is 10.2. The standard InChI is InChI=1S/C16H20N4O2S.ClH/c1-13-8-10-18-12-16(13)20-15-7-4-3-6-14(15)19(23(20,21)22)11-5-9-17-2;/h3-4,6-8,10,12,17H,5,9,11H2,1-2H3;1H. The molecular weight excluding hydrogens is 348 g/mol. The first kappa shape index (κ1) is 18.5. The third-order valence-corrected chi connectivity index (χ3v) is 5.69. The van der Waals surface area contributed by atoms with Crippen molar-refractivity contribution in [2.75, 3.05) is 28.7 Å². The first-order valence-corrected chi connectivity index (χ1v) is 8.94. The van der Waals surface area contributed by atoms with Gasteiger partial charge < -0.3 is 5.32 Å². The zero-order valence-corrected chi connectivity index (χ0v) is 15.3. The highest BCUT2D eigenvalue weighted by Crippen LogP contribution is 2.45. The number of nitrogens with one attached hydrogen (secondary N) is 1. The van der Waals surface area contributed by atoms with Gasteiger partial charge in [-0.2, -0.15) is 8.42 Å². The van der Waals surface area contributed by atoms with E-state index in [-0.39, 0.29) is 12.4 Å². The van der Waals surface area contributed by atoms with Gasteiger partial charge in [-0.15, -0.1) is 12.4 Å². The van der Waals surface area contributed by atoms with Crippen molar-refractivity contribution in [2.24, 2.45) is 0 Å². The quantitative estimate of drug-likeness (QED) is 0.824. The van der Waals surface area contributed by atoms with E-state index in [4.69, 9.17) is 0 Å². The number of hydrogen-bond donors (Lipinski definition) is 1. The Bertz CT molecular complexity index is 813. The molecule has 1 aliphatic rings. The zero-order chi connectivity index (χ0) is 16.4. The van der Waals surface area contributed by atoms with Gasteiger partial charge in [-0.05, 0) is 50.7 Å². The summed E-state index contributed by atoms with van der Waals surface area (Å²) in [5, 5.41) is 3.05. The third-order valence-electron chi connectivity index (χ3n) is 3.90. The van der Waals surface area contributed by atoms with Crippen molar-refractivity contribution < 1.29 is 8.42 Å². The van der Waals surface area contributed by atoms with Crippen molar-refractivity contribution in [2.45, 2.75) is 13.3 Å². The molecule has 8 heteroatoms. The summed E-state index contributed by atoms with van der Waals surface area (Å²) in [6.07, 6.45) is 4.00. The summed E-state index contributed by atoms with van der Waals surface area (Å²) in [5.41, 5.74) is 2.85. The molecule has 0 aliphatic carbocycles. The molecule has 0 spiro atoms. The number of fused-ring (bicyclic) bond motifs is 1. The van der Waals surface area contributed by atoms with Crippen LogP contribution < -0.4 is 13.9 Å². The number of aromatic nitrogens is 1. The molecule has 0 unspecified atom stereocenters. The van der Waals surface area contributed by atoms with E-state index in [2.05, 4.69) is 10.3 Å². The van der Waals surface area contributed by atoms with Crippen LogP contribution in [0.25, 0.3) is 0 Å². The van der Waals surface area contributed by atoms with Gasteiger partial charge in [0.15, 0.2) is 0 Å². The predicted octanol–water partition coefficient (Wildman–Crippen LogP) is 2.62. The van der Waals surface area contributed by atoms with E-state index in [1.165, 1.54) is 8.61 Å². The summed E-state index contributed by atoms with van der Waals surface area (Å²) in [4.78, 5) is 4.09. The van der Waals surface area contributed by atoms with Gasteiger partial charge in [0, 0.05) is 12.7 Å². The smallest absolute Gasteiger partial charge is 0.320 e. The SMILES string of the molecule is CNCCCN1c2ccccc2N(c2cnccc2C)S1(=O)=O.Cl. The predicted molar refractivity (Wildman–Crippen MR) is 99.6 cm³/mol. The largest absolute Gasteiger partial charge is 0.331 e. The van der Waals surface area contributed by atoms with E-state index in [1.807, 2.05) is 44.3 Å². The topological polar surface area (TPSA) is 65.5 Å². The van der Waals surface area contributed by atoms with Crippen molar-refractivity contribution in [1.82, 2.24) is 10.3 Å². The molecule has 0 saturated heterocycles. The Hall–Kier alpha value is -1.83. The van der Waals surface area contributed by atoms with Crippen molar-refractivity contribution in [3.63, 3.8) is 0 Å². The van der Waals surface area contributed by atoms with E-state index >= 15 is 0 Å². The normalized spacial score (nSPS) is 15.1. The number of halogens is 1. The molecule has 2 aromatic rings. The van der Waals surface area contributed by atoms with Crippen LogP contribution in [0.5, 0.6) is 0 Å². The molecule has 1 aromatic carbocycles. The van der Waals surface area contributed by atoms with Crippen LogP contribution >= 0.6 is 12.4 Å². The van der Waals surface area contributed by atoms with Crippen LogP contribution in [0.15, 0.2) is 42.7 Å². The number of nitrogens with zero attached hydrogens (tertiary/aromatic N) is 3. The average molecular weight is 369 g/mol. The molecule has 2 heterocycles. The fourth-order valence-electron chi connectivity index (χ4n) is 2.75. The first-order chi connectivity index (χ1) is 11.1. The van der Waals surface area contributed by atoms with Crippen molar-refractivity contribution in [3.8, 4) is 0 Å². The highest BCUT2D eigenvalue weighted by Gasteiger charge is 2.41. The van der Waals surface area contributed by atoms with Crippen LogP contribution in [-0.2, 0) is 10.2 Å². The molecule has 0 amide bonds. The molecule has 1 aromatic heterocycles. The maximum absolute atomic E-state index is 13.1. The lowest BCUT2D eigenvalue weighted by molar-refractivity contribution is 0.591. The van der Waals surface area contributed by atoms with Gasteiger partial charge in [0.05, 0.1) is 23.3 Å². The summed E-state index contributed by atoms with van der Waals surface area (Å²) in [6.45, 7) is 3.09. The van der Waals surface area contributed by atoms with Gasteiger partial charge >= 0.3 is 10.2 Å². The van der Waals surface area contributed by atoms with Gasteiger partial charge in [0.1, 0.15) is 0 Å². The highest BCUT2D eigenvalue weighted by molar-refractivity contribution is 7.95. The van der Waals surface area contributed by atoms with Crippen LogP contribution in [0.1, 0.15) is 12.0 Å². The molecule has 0 radical (unpaired) electrons. The van der Waals surface area contributed by atoms with Crippen molar-refractivity contribution >= 4 is 39.7 Å². The lowest BCUT2D eigenvalue weighted by Crippen LogP contribution is -2.37. The Labute approximate surface area is 149 Å². The summed E-state index contributed by atoms with van der Waals surface area (Å²) in [7, 11) is -1.79. The Balaban J connectivity index is 0.00000208. The monoisotopic (exact) mass is 368 g/mol. The molecule has 0 saturated carbocycles. The maximum atomic E-state index is 13.1. The summed E-state index contributed by atoms with van der Waals surface area (Å²) < 4.78 is 29.1. The minimum atomic E-state index is -3.64. The summed E-state index contributed by atoms with van der Waals surface area (Å²) in [6, 6.07) is 9.20. The number of rotatable bonds is 5. The molecule has 130 valence electrons. The zero-order valence-electron chi connectivity index (χ0n) is 13.6. The number of aryl methyl sites for hydroxylation is 1. The minimum absolute atomic E-state index is 0. The second kappa shape index (κ2) is 7.38. The van der Waals surface area contributed by atoms with E-state index in [0.717, 1.165) is 18.5 Å². The van der Waals surface area contributed by atoms with E-state index in [0.29, 0.717) is 23.6 Å². The van der Waals surface area contributed by atoms with E-state index in [9.17, 15) is 8.42 Å². The number of hydrogen-bond acceptors (Lipinski definition) is 4.